The average Bonchev–Trinajstić information content (AvgIpc) is 3.29. The molecule has 0 bridgehead atoms. The quantitative estimate of drug-likeness (QED) is 0.744. The van der Waals surface area contributed by atoms with E-state index in [-0.39, 0.29) is 17.2 Å². The molecular formula is C21H22N6O. The molecule has 2 N–H and O–H groups in total. The van der Waals surface area contributed by atoms with Crippen molar-refractivity contribution < 1.29 is 4.74 Å². The zero-order chi connectivity index (χ0) is 20.1. The van der Waals surface area contributed by atoms with E-state index in [1.165, 1.54) is 0 Å². The molecule has 1 atom stereocenters. The van der Waals surface area contributed by atoms with Crippen LogP contribution in [0.2, 0.25) is 0 Å². The molecule has 0 fully saturated rings. The van der Waals surface area contributed by atoms with E-state index in [2.05, 4.69) is 36.9 Å². The van der Waals surface area contributed by atoms with E-state index in [0.29, 0.717) is 11.5 Å². The van der Waals surface area contributed by atoms with E-state index in [9.17, 15) is 5.26 Å². The van der Waals surface area contributed by atoms with Crippen molar-refractivity contribution >= 4 is 0 Å². The number of rotatable bonds is 2. The second-order valence-electron chi connectivity index (χ2n) is 7.93. The molecule has 0 saturated heterocycles. The number of allylic oxidation sites excluding steroid dienone is 1. The summed E-state index contributed by atoms with van der Waals surface area (Å²) in [5.41, 5.74) is 10.1. The zero-order valence-corrected chi connectivity index (χ0v) is 16.3. The summed E-state index contributed by atoms with van der Waals surface area (Å²) >= 11 is 0. The van der Waals surface area contributed by atoms with E-state index >= 15 is 0 Å². The third kappa shape index (κ3) is 2.74. The van der Waals surface area contributed by atoms with Crippen LogP contribution < -0.4 is 10.5 Å². The molecule has 142 valence electrons. The molecule has 0 aliphatic carbocycles. The van der Waals surface area contributed by atoms with Crippen LogP contribution in [0.5, 0.6) is 5.88 Å². The Morgan fingerprint density at radius 1 is 1.21 bits per heavy atom. The molecule has 1 aromatic carbocycles. The van der Waals surface area contributed by atoms with Gasteiger partial charge in [0.2, 0.25) is 11.8 Å². The van der Waals surface area contributed by atoms with Crippen LogP contribution in [0.15, 0.2) is 54.4 Å². The fourth-order valence-corrected chi connectivity index (χ4v) is 3.61. The Balaban J connectivity index is 1.89. The number of imidazole rings is 1. The second-order valence-corrected chi connectivity index (χ2v) is 7.93. The minimum absolute atomic E-state index is 0.127. The number of fused-ring (bicyclic) bond motifs is 1. The van der Waals surface area contributed by atoms with Gasteiger partial charge in [-0.25, -0.2) is 9.67 Å². The summed E-state index contributed by atoms with van der Waals surface area (Å²) in [7, 11) is 1.83. The molecule has 0 spiro atoms. The van der Waals surface area contributed by atoms with Gasteiger partial charge in [0.15, 0.2) is 0 Å². The molecule has 0 saturated carbocycles. The smallest absolute Gasteiger partial charge is 0.224 e. The zero-order valence-electron chi connectivity index (χ0n) is 16.3. The Morgan fingerprint density at radius 3 is 2.50 bits per heavy atom. The molecule has 7 nitrogen and oxygen atoms in total. The summed E-state index contributed by atoms with van der Waals surface area (Å²) in [6, 6.07) is 10.3. The average molecular weight is 374 g/mol. The summed E-state index contributed by atoms with van der Waals surface area (Å²) in [5, 5.41) is 14.5. The van der Waals surface area contributed by atoms with Gasteiger partial charge in [-0.2, -0.15) is 10.4 Å². The van der Waals surface area contributed by atoms with Crippen LogP contribution in [-0.2, 0) is 12.5 Å². The number of nitrogens with two attached hydrogens (primary N) is 1. The van der Waals surface area contributed by atoms with E-state index in [1.54, 1.807) is 17.2 Å². The molecule has 4 rings (SSSR count). The number of nitrogens with zero attached hydrogens (tertiary/aromatic N) is 5. The number of ether oxygens (including phenoxy) is 1. The van der Waals surface area contributed by atoms with Crippen molar-refractivity contribution in [3.63, 3.8) is 0 Å². The Bertz CT molecular complexity index is 1090. The number of aryl methyl sites for hydroxylation is 1. The summed E-state index contributed by atoms with van der Waals surface area (Å²) < 4.78 is 9.43. The normalized spacial score (nSPS) is 16.5. The molecule has 0 radical (unpaired) electrons. The summed E-state index contributed by atoms with van der Waals surface area (Å²) in [6.07, 6.45) is 5.37. The molecule has 3 aromatic rings. The second kappa shape index (κ2) is 6.27. The van der Waals surface area contributed by atoms with Crippen LogP contribution in [0.1, 0.15) is 43.5 Å². The number of benzene rings is 1. The highest BCUT2D eigenvalue weighted by atomic mass is 16.5. The van der Waals surface area contributed by atoms with Gasteiger partial charge >= 0.3 is 0 Å². The number of hydrogen-bond acceptors (Lipinski definition) is 5. The molecular weight excluding hydrogens is 352 g/mol. The minimum atomic E-state index is -0.325. The van der Waals surface area contributed by atoms with Crippen LogP contribution in [0, 0.1) is 11.3 Å². The Kier molecular flexibility index (Phi) is 4.00. The van der Waals surface area contributed by atoms with Gasteiger partial charge in [-0.1, -0.05) is 32.9 Å². The predicted molar refractivity (Wildman–Crippen MR) is 105 cm³/mol. The SMILES string of the molecule is Cn1nc(C(C)(C)C)c2c1OC(N)=C(C#N)C2c1ccc(-n2ccnc2)cc1. The maximum Gasteiger partial charge on any atom is 0.224 e. The van der Waals surface area contributed by atoms with Crippen molar-refractivity contribution in [2.75, 3.05) is 0 Å². The molecule has 28 heavy (non-hydrogen) atoms. The van der Waals surface area contributed by atoms with Crippen molar-refractivity contribution in [3.05, 3.63) is 71.3 Å². The lowest BCUT2D eigenvalue weighted by Crippen LogP contribution is -2.24. The lowest BCUT2D eigenvalue weighted by Gasteiger charge is -2.27. The third-order valence-corrected chi connectivity index (χ3v) is 4.94. The first-order valence-electron chi connectivity index (χ1n) is 9.04. The van der Waals surface area contributed by atoms with E-state index in [4.69, 9.17) is 10.5 Å². The first-order chi connectivity index (χ1) is 13.3. The maximum absolute atomic E-state index is 9.82. The van der Waals surface area contributed by atoms with Crippen LogP contribution in [0.3, 0.4) is 0 Å². The fourth-order valence-electron chi connectivity index (χ4n) is 3.61. The highest BCUT2D eigenvalue weighted by Crippen LogP contribution is 2.46. The third-order valence-electron chi connectivity index (χ3n) is 4.94. The number of nitriles is 1. The summed E-state index contributed by atoms with van der Waals surface area (Å²) in [5.74, 6) is 0.390. The van der Waals surface area contributed by atoms with Gasteiger partial charge in [-0.3, -0.25) is 0 Å². The lowest BCUT2D eigenvalue weighted by atomic mass is 9.79. The standard InChI is InChI=1S/C21H22N6O/c1-21(2,3)18-17-16(15(11-22)19(23)28-20(17)26(4)25-18)13-5-7-14(8-6-13)27-10-9-24-12-27/h5-10,12,16H,23H2,1-4H3. The summed E-state index contributed by atoms with van der Waals surface area (Å²) in [6.45, 7) is 6.30. The van der Waals surface area contributed by atoms with Crippen LogP contribution >= 0.6 is 0 Å². The molecule has 1 unspecified atom stereocenters. The van der Waals surface area contributed by atoms with Gasteiger partial charge in [0.1, 0.15) is 11.6 Å². The molecule has 2 aromatic heterocycles. The van der Waals surface area contributed by atoms with Crippen LogP contribution in [-0.4, -0.2) is 19.3 Å². The van der Waals surface area contributed by atoms with E-state index < -0.39 is 0 Å². The monoisotopic (exact) mass is 374 g/mol. The van der Waals surface area contributed by atoms with Crippen molar-refractivity contribution in [1.29, 1.82) is 5.26 Å². The highest BCUT2D eigenvalue weighted by molar-refractivity contribution is 5.57. The maximum atomic E-state index is 9.82. The van der Waals surface area contributed by atoms with Gasteiger partial charge in [0.05, 0.1) is 23.5 Å². The molecule has 1 aliphatic rings. The molecule has 0 amide bonds. The van der Waals surface area contributed by atoms with Gasteiger partial charge in [-0.15, -0.1) is 0 Å². The number of aromatic nitrogens is 4. The minimum Gasteiger partial charge on any atom is -0.422 e. The fraction of sp³-hybridized carbons (Fsp3) is 0.286. The van der Waals surface area contributed by atoms with Gasteiger partial charge in [-0.05, 0) is 17.7 Å². The molecule has 3 heterocycles. The predicted octanol–water partition coefficient (Wildman–Crippen LogP) is 3.12. The van der Waals surface area contributed by atoms with Crippen molar-refractivity contribution in [3.8, 4) is 17.6 Å². The van der Waals surface area contributed by atoms with Crippen LogP contribution in [0.25, 0.3) is 5.69 Å². The Labute approximate surface area is 163 Å². The Morgan fingerprint density at radius 2 is 1.93 bits per heavy atom. The molecule has 1 aliphatic heterocycles. The van der Waals surface area contributed by atoms with E-state index in [1.807, 2.05) is 42.1 Å². The Hall–Kier alpha value is -3.53. The first-order valence-corrected chi connectivity index (χ1v) is 9.04. The van der Waals surface area contributed by atoms with Crippen molar-refractivity contribution in [2.45, 2.75) is 32.1 Å². The highest BCUT2D eigenvalue weighted by Gasteiger charge is 2.39. The van der Waals surface area contributed by atoms with E-state index in [0.717, 1.165) is 22.5 Å². The van der Waals surface area contributed by atoms with Crippen molar-refractivity contribution in [2.24, 2.45) is 12.8 Å². The largest absolute Gasteiger partial charge is 0.422 e. The topological polar surface area (TPSA) is 94.7 Å². The van der Waals surface area contributed by atoms with Crippen LogP contribution in [0.4, 0.5) is 0 Å². The lowest BCUT2D eigenvalue weighted by molar-refractivity contribution is 0.358. The first kappa shape index (κ1) is 17.9. The molecule has 7 heteroatoms. The number of hydrogen-bond donors (Lipinski definition) is 1. The van der Waals surface area contributed by atoms with Gasteiger partial charge in [0.25, 0.3) is 0 Å². The van der Waals surface area contributed by atoms with Gasteiger partial charge < -0.3 is 15.0 Å². The van der Waals surface area contributed by atoms with Gasteiger partial charge in [0, 0.05) is 30.5 Å². The van der Waals surface area contributed by atoms with Crippen molar-refractivity contribution in [1.82, 2.24) is 19.3 Å². The summed E-state index contributed by atoms with van der Waals surface area (Å²) in [4.78, 5) is 4.09.